The van der Waals surface area contributed by atoms with Gasteiger partial charge in [-0.1, -0.05) is 12.1 Å². The lowest BCUT2D eigenvalue weighted by Crippen LogP contribution is -2.53. The summed E-state index contributed by atoms with van der Waals surface area (Å²) in [5.41, 5.74) is 1.14. The Hall–Kier alpha value is -1.29. The molecule has 3 fully saturated rings. The van der Waals surface area contributed by atoms with Gasteiger partial charge in [0.2, 0.25) is 5.91 Å². The van der Waals surface area contributed by atoms with Crippen molar-refractivity contribution >= 4 is 49.1 Å². The first-order chi connectivity index (χ1) is 16.5. The van der Waals surface area contributed by atoms with Crippen LogP contribution in [0.15, 0.2) is 24.3 Å². The molecule has 0 spiro atoms. The lowest BCUT2D eigenvalue weighted by Gasteiger charge is -2.43. The number of piperidine rings is 1. The predicted molar refractivity (Wildman–Crippen MR) is 153 cm³/mol. The van der Waals surface area contributed by atoms with Gasteiger partial charge in [0.05, 0.1) is 13.0 Å². The molecule has 1 aromatic rings. The molecule has 1 aliphatic carbocycles. The third-order valence-electron chi connectivity index (χ3n) is 7.94. The van der Waals surface area contributed by atoms with Crippen molar-refractivity contribution in [3.63, 3.8) is 0 Å². The molecule has 8 nitrogen and oxygen atoms in total. The van der Waals surface area contributed by atoms with Crippen LogP contribution in [0.3, 0.4) is 0 Å². The van der Waals surface area contributed by atoms with E-state index in [-0.39, 0.29) is 61.1 Å². The molecule has 0 radical (unpaired) electrons. The van der Waals surface area contributed by atoms with Gasteiger partial charge in [0, 0.05) is 50.7 Å². The Morgan fingerprint density at radius 2 is 1.57 bits per heavy atom. The fourth-order valence-corrected chi connectivity index (χ4v) is 5.82. The Morgan fingerprint density at radius 3 is 2.11 bits per heavy atom. The molecule has 1 atom stereocenters. The van der Waals surface area contributed by atoms with Crippen LogP contribution in [0.25, 0.3) is 0 Å². The number of hydrogen-bond acceptors (Lipinski definition) is 6. The lowest BCUT2D eigenvalue weighted by atomic mass is 9.86. The van der Waals surface area contributed by atoms with Gasteiger partial charge in [-0.05, 0) is 69.3 Å². The highest BCUT2D eigenvalue weighted by Crippen LogP contribution is 2.29. The molecule has 0 bridgehead atoms. The van der Waals surface area contributed by atoms with E-state index in [2.05, 4.69) is 32.6 Å². The van der Waals surface area contributed by atoms with E-state index < -0.39 is 5.97 Å². The van der Waals surface area contributed by atoms with Crippen LogP contribution in [-0.4, -0.2) is 85.2 Å². The number of halogens is 3. The smallest absolute Gasteiger partial charge is 0.306 e. The number of nitrogens with zero attached hydrogens (tertiary/aromatic N) is 2. The van der Waals surface area contributed by atoms with Gasteiger partial charge in [-0.15, -0.1) is 37.2 Å². The van der Waals surface area contributed by atoms with Crippen LogP contribution in [0.1, 0.15) is 56.6 Å². The van der Waals surface area contributed by atoms with Crippen LogP contribution in [0, 0.1) is 5.92 Å². The number of carbonyl (C=O) groups excluding carboxylic acids is 1. The molecule has 212 valence electrons. The van der Waals surface area contributed by atoms with Crippen molar-refractivity contribution in [3.8, 4) is 5.75 Å². The molecule has 1 unspecified atom stereocenters. The van der Waals surface area contributed by atoms with Gasteiger partial charge in [-0.2, -0.15) is 0 Å². The van der Waals surface area contributed by atoms with Crippen LogP contribution in [-0.2, 0) is 9.59 Å². The fourth-order valence-electron chi connectivity index (χ4n) is 5.82. The Balaban J connectivity index is 0.00000228. The van der Waals surface area contributed by atoms with Gasteiger partial charge in [-0.3, -0.25) is 19.4 Å². The first-order valence-corrected chi connectivity index (χ1v) is 12.9. The van der Waals surface area contributed by atoms with E-state index in [0.717, 1.165) is 63.4 Å². The summed E-state index contributed by atoms with van der Waals surface area (Å²) < 4.78 is 5.34. The number of hydrogen-bond donors (Lipinski definition) is 3. The maximum atomic E-state index is 13.1. The fraction of sp³-hybridized carbons (Fsp3) is 0.692. The SMILES string of the molecule is COc1ccc(C(CC(=O)N[C@H]2CC[C@H](C(=O)O)CC2)N2CCN(C3CCNCC3)CC2)cc1.Cl.Cl.Cl. The highest BCUT2D eigenvalue weighted by atomic mass is 35.5. The standard InChI is InChI=1S/C26H40N4O4.3ClH/c1-34-23-8-4-19(5-9-23)24(18-25(31)28-21-6-2-20(3-7-21)26(32)33)30-16-14-29(15-17-30)22-10-12-27-13-11-22;;;/h4-5,8-9,20-22,24,27H,2-3,6-7,10-18H2,1H3,(H,28,31)(H,32,33);3*1H/t20-,21-,24?;;;. The second-order valence-electron chi connectivity index (χ2n) is 10.0. The van der Waals surface area contributed by atoms with Crippen molar-refractivity contribution in [3.05, 3.63) is 29.8 Å². The van der Waals surface area contributed by atoms with Gasteiger partial charge in [-0.25, -0.2) is 0 Å². The number of methoxy groups -OCH3 is 1. The molecule has 1 saturated carbocycles. The van der Waals surface area contributed by atoms with Crippen molar-refractivity contribution in [2.45, 2.75) is 63.1 Å². The van der Waals surface area contributed by atoms with E-state index in [0.29, 0.717) is 25.3 Å². The molecule has 1 aromatic carbocycles. The van der Waals surface area contributed by atoms with Crippen molar-refractivity contribution in [1.82, 2.24) is 20.4 Å². The molecular formula is C26H43Cl3N4O4. The minimum absolute atomic E-state index is 0. The second kappa shape index (κ2) is 16.6. The van der Waals surface area contributed by atoms with Gasteiger partial charge >= 0.3 is 5.97 Å². The summed E-state index contributed by atoms with van der Waals surface area (Å²) >= 11 is 0. The van der Waals surface area contributed by atoms with E-state index in [9.17, 15) is 14.7 Å². The first-order valence-electron chi connectivity index (χ1n) is 12.9. The molecule has 3 N–H and O–H groups in total. The molecular weight excluding hydrogens is 539 g/mol. The Bertz CT molecular complexity index is 811. The van der Waals surface area contributed by atoms with Gasteiger partial charge in [0.25, 0.3) is 0 Å². The quantitative estimate of drug-likeness (QED) is 0.433. The van der Waals surface area contributed by atoms with E-state index in [1.165, 1.54) is 12.8 Å². The average molecular weight is 582 g/mol. The minimum atomic E-state index is -0.715. The molecule has 1 amide bonds. The molecule has 37 heavy (non-hydrogen) atoms. The number of ether oxygens (including phenoxy) is 1. The summed E-state index contributed by atoms with van der Waals surface area (Å²) in [6, 6.07) is 8.87. The zero-order valence-electron chi connectivity index (χ0n) is 21.6. The number of rotatable bonds is 8. The number of nitrogens with one attached hydrogen (secondary N) is 2. The van der Waals surface area contributed by atoms with E-state index in [1.807, 2.05) is 12.1 Å². The number of carbonyl (C=O) groups is 2. The lowest BCUT2D eigenvalue weighted by molar-refractivity contribution is -0.142. The first kappa shape index (κ1) is 33.7. The summed E-state index contributed by atoms with van der Waals surface area (Å²) in [4.78, 5) is 29.4. The maximum Gasteiger partial charge on any atom is 0.306 e. The van der Waals surface area contributed by atoms with Crippen LogP contribution < -0.4 is 15.4 Å². The Labute approximate surface area is 239 Å². The molecule has 2 heterocycles. The predicted octanol–water partition coefficient (Wildman–Crippen LogP) is 3.52. The highest BCUT2D eigenvalue weighted by Gasteiger charge is 2.31. The number of aliphatic carboxylic acids is 1. The monoisotopic (exact) mass is 580 g/mol. The van der Waals surface area contributed by atoms with E-state index in [1.54, 1.807) is 7.11 Å². The number of piperazine rings is 1. The van der Waals surface area contributed by atoms with E-state index >= 15 is 0 Å². The van der Waals surface area contributed by atoms with Crippen molar-refractivity contribution < 1.29 is 19.4 Å². The molecule has 11 heteroatoms. The minimum Gasteiger partial charge on any atom is -0.497 e. The molecule has 4 rings (SSSR count). The second-order valence-corrected chi connectivity index (χ2v) is 10.0. The summed E-state index contributed by atoms with van der Waals surface area (Å²) in [7, 11) is 1.67. The van der Waals surface area contributed by atoms with Crippen LogP contribution >= 0.6 is 37.2 Å². The third kappa shape index (κ3) is 9.44. The zero-order valence-corrected chi connectivity index (χ0v) is 24.1. The largest absolute Gasteiger partial charge is 0.497 e. The number of benzene rings is 1. The summed E-state index contributed by atoms with van der Waals surface area (Å²) in [5.74, 6) is -0.109. The van der Waals surface area contributed by atoms with Crippen LogP contribution in [0.2, 0.25) is 0 Å². The van der Waals surface area contributed by atoms with Gasteiger partial charge in [0.15, 0.2) is 0 Å². The molecule has 2 saturated heterocycles. The normalized spacial score (nSPS) is 23.9. The number of carboxylic acids is 1. The Morgan fingerprint density at radius 1 is 0.973 bits per heavy atom. The topological polar surface area (TPSA) is 94.1 Å². The molecule has 2 aliphatic heterocycles. The van der Waals surface area contributed by atoms with Crippen LogP contribution in [0.4, 0.5) is 0 Å². The van der Waals surface area contributed by atoms with Crippen molar-refractivity contribution in [1.29, 1.82) is 0 Å². The van der Waals surface area contributed by atoms with E-state index in [4.69, 9.17) is 4.74 Å². The van der Waals surface area contributed by atoms with Gasteiger partial charge in [0.1, 0.15) is 5.75 Å². The van der Waals surface area contributed by atoms with Gasteiger partial charge < -0.3 is 20.5 Å². The number of amides is 1. The van der Waals surface area contributed by atoms with Crippen molar-refractivity contribution in [2.75, 3.05) is 46.4 Å². The summed E-state index contributed by atoms with van der Waals surface area (Å²) in [5, 5.41) is 15.9. The maximum absolute atomic E-state index is 13.1. The average Bonchev–Trinajstić information content (AvgIpc) is 2.88. The number of carboxylic acid groups (broad SMARTS) is 1. The summed E-state index contributed by atoms with van der Waals surface area (Å²) in [6.45, 7) is 6.20. The van der Waals surface area contributed by atoms with Crippen molar-refractivity contribution in [2.24, 2.45) is 5.92 Å². The third-order valence-corrected chi connectivity index (χ3v) is 7.94. The summed E-state index contributed by atoms with van der Waals surface area (Å²) in [6.07, 6.45) is 5.61. The molecule has 0 aromatic heterocycles. The highest BCUT2D eigenvalue weighted by molar-refractivity contribution is 5.86. The molecule has 3 aliphatic rings. The van der Waals surface area contributed by atoms with Crippen LogP contribution in [0.5, 0.6) is 5.75 Å². The Kier molecular flexibility index (Phi) is 15.2. The zero-order chi connectivity index (χ0) is 23.9.